The number of fused-ring (bicyclic) bond motifs is 1. The molecule has 3 heterocycles. The van der Waals surface area contributed by atoms with Crippen molar-refractivity contribution in [2.75, 3.05) is 19.8 Å². The van der Waals surface area contributed by atoms with Gasteiger partial charge in [0.2, 0.25) is 10.0 Å². The van der Waals surface area contributed by atoms with Crippen LogP contribution in [0.1, 0.15) is 32.3 Å². The molecule has 2 aliphatic heterocycles. The Bertz CT molecular complexity index is 1290. The average molecular weight is 493 g/mol. The van der Waals surface area contributed by atoms with Crippen LogP contribution < -0.4 is 4.72 Å². The van der Waals surface area contributed by atoms with Crippen LogP contribution in [0.5, 0.6) is 0 Å². The number of halogens is 1. The lowest BCUT2D eigenvalue weighted by Gasteiger charge is -2.38. The molecular weight excluding hydrogens is 465 g/mol. The van der Waals surface area contributed by atoms with Crippen LogP contribution in [0.4, 0.5) is 9.18 Å². The first kappa shape index (κ1) is 23.1. The van der Waals surface area contributed by atoms with Crippen molar-refractivity contribution >= 4 is 27.7 Å². The summed E-state index contributed by atoms with van der Waals surface area (Å²) in [5.41, 5.74) is -0.247. The maximum Gasteiger partial charge on any atom is 0.501 e. The van der Waals surface area contributed by atoms with Crippen LogP contribution in [0, 0.1) is 5.41 Å². The van der Waals surface area contributed by atoms with Crippen LogP contribution in [0.25, 0.3) is 0 Å². The van der Waals surface area contributed by atoms with Crippen molar-refractivity contribution in [1.29, 1.82) is 0 Å². The fourth-order valence-corrected chi connectivity index (χ4v) is 6.08. The number of hydrogen-bond donors (Lipinski definition) is 1. The number of aryl methyl sites for hydroxylation is 1. The molecule has 1 aromatic heterocycles. The fraction of sp³-hybridized carbons (Fsp3) is 0.545. The molecule has 0 radical (unpaired) electrons. The monoisotopic (exact) mass is 492 g/mol. The largest absolute Gasteiger partial charge is 0.501 e. The normalized spacial score (nSPS) is 25.5. The van der Waals surface area contributed by atoms with Gasteiger partial charge in [0, 0.05) is 30.4 Å². The molecule has 5 rings (SSSR count). The number of nitrogens with one attached hydrogen (secondary N) is 1. The summed E-state index contributed by atoms with van der Waals surface area (Å²) in [4.78, 5) is 27.9. The Kier molecular flexibility index (Phi) is 5.19. The number of rotatable bonds is 7. The molecule has 0 aromatic carbocycles. The summed E-state index contributed by atoms with van der Waals surface area (Å²) in [5, 5.41) is 2.43. The highest BCUT2D eigenvalue weighted by atomic mass is 32.2. The van der Waals surface area contributed by atoms with Crippen LogP contribution >= 0.6 is 0 Å². The van der Waals surface area contributed by atoms with Crippen LogP contribution in [0.3, 0.4) is 0 Å². The van der Waals surface area contributed by atoms with E-state index >= 15 is 4.39 Å². The zero-order chi connectivity index (χ0) is 24.5. The smallest absolute Gasteiger partial charge is 0.380 e. The highest BCUT2D eigenvalue weighted by Crippen LogP contribution is 2.37. The fourth-order valence-electron chi connectivity index (χ4n) is 4.38. The maximum absolute atomic E-state index is 15.2. The minimum atomic E-state index is -4.12. The number of imide groups is 1. The van der Waals surface area contributed by atoms with Gasteiger partial charge >= 0.3 is 11.9 Å². The van der Waals surface area contributed by atoms with Crippen molar-refractivity contribution in [3.63, 3.8) is 0 Å². The predicted octanol–water partition coefficient (Wildman–Crippen LogP) is 1.01. The van der Waals surface area contributed by atoms with E-state index in [0.29, 0.717) is 31.6 Å². The first-order valence-electron chi connectivity index (χ1n) is 11.1. The van der Waals surface area contributed by atoms with E-state index in [-0.39, 0.29) is 29.8 Å². The van der Waals surface area contributed by atoms with Gasteiger partial charge in [0.15, 0.2) is 0 Å². The van der Waals surface area contributed by atoms with E-state index < -0.39 is 38.6 Å². The molecule has 1 aromatic rings. The van der Waals surface area contributed by atoms with Gasteiger partial charge in [0.1, 0.15) is 35.5 Å². The lowest BCUT2D eigenvalue weighted by Crippen LogP contribution is -2.56. The summed E-state index contributed by atoms with van der Waals surface area (Å²) < 4.78 is 51.9. The highest BCUT2D eigenvalue weighted by Gasteiger charge is 2.51. The predicted molar refractivity (Wildman–Crippen MR) is 119 cm³/mol. The van der Waals surface area contributed by atoms with Crippen molar-refractivity contribution in [3.8, 4) is 0 Å². The van der Waals surface area contributed by atoms with Crippen LogP contribution in [-0.2, 0) is 33.1 Å². The second-order valence-electron chi connectivity index (χ2n) is 10.2. The minimum Gasteiger partial charge on any atom is -0.380 e. The highest BCUT2D eigenvalue weighted by molar-refractivity contribution is 7.90. The molecule has 10 nitrogen and oxygen atoms in total. The first-order valence-corrected chi connectivity index (χ1v) is 12.6. The third-order valence-corrected chi connectivity index (χ3v) is 8.44. The molecule has 1 atom stereocenters. The lowest BCUT2D eigenvalue weighted by molar-refractivity contribution is -0.465. The number of nitrogens with zero attached hydrogens (tertiary/aromatic N) is 4. The van der Waals surface area contributed by atoms with Crippen molar-refractivity contribution in [1.82, 2.24) is 19.4 Å². The number of carbonyl (C=O) groups excluding carboxylic acids is 2. The average Bonchev–Trinajstić information content (AvgIpc) is 3.30. The summed E-state index contributed by atoms with van der Waals surface area (Å²) in [6, 6.07) is -0.594. The first-order chi connectivity index (χ1) is 15.9. The number of allylic oxidation sites excluding steroid dienone is 1. The molecule has 4 aliphatic rings. The molecule has 34 heavy (non-hydrogen) atoms. The van der Waals surface area contributed by atoms with Gasteiger partial charge in [-0.25, -0.2) is 22.3 Å². The van der Waals surface area contributed by atoms with Crippen molar-refractivity contribution in [2.24, 2.45) is 12.5 Å². The Morgan fingerprint density at radius 1 is 1.29 bits per heavy atom. The Morgan fingerprint density at radius 2 is 2.00 bits per heavy atom. The van der Waals surface area contributed by atoms with Crippen molar-refractivity contribution < 1.29 is 31.7 Å². The van der Waals surface area contributed by atoms with Gasteiger partial charge in [-0.15, -0.1) is 0 Å². The van der Waals surface area contributed by atoms with E-state index in [9.17, 15) is 18.0 Å². The Balaban J connectivity index is 1.57. The molecule has 182 valence electrons. The van der Waals surface area contributed by atoms with Gasteiger partial charge in [0.05, 0.1) is 24.8 Å². The van der Waals surface area contributed by atoms with Gasteiger partial charge in [-0.2, -0.15) is 19.4 Å². The topological polar surface area (TPSA) is 114 Å². The molecule has 1 saturated heterocycles. The number of amides is 3. The Labute approximate surface area is 196 Å². The summed E-state index contributed by atoms with van der Waals surface area (Å²) in [7, 11) is -2.40. The number of ether oxygens (including phenoxy) is 1. The molecule has 2 aliphatic carbocycles. The maximum atomic E-state index is 15.2. The molecule has 1 N–H and O–H groups in total. The lowest BCUT2D eigenvalue weighted by atomic mass is 9.87. The summed E-state index contributed by atoms with van der Waals surface area (Å²) in [5.74, 6) is -1.60. The van der Waals surface area contributed by atoms with Gasteiger partial charge in [-0.05, 0) is 25.8 Å². The van der Waals surface area contributed by atoms with E-state index in [2.05, 4.69) is 9.82 Å². The molecular formula is C22H27FN5O5S+. The number of carbonyl (C=O) groups is 2. The quantitative estimate of drug-likeness (QED) is 0.569. The van der Waals surface area contributed by atoms with E-state index in [0.717, 1.165) is 17.1 Å². The number of urea groups is 1. The third-order valence-electron chi connectivity index (χ3n) is 6.63. The molecule has 2 fully saturated rings. The molecule has 3 amide bonds. The Morgan fingerprint density at radius 3 is 2.56 bits per heavy atom. The van der Waals surface area contributed by atoms with Crippen LogP contribution in [0.15, 0.2) is 35.9 Å². The Hall–Kier alpha value is -2.70. The third kappa shape index (κ3) is 4.03. The number of hydrogen-bond acceptors (Lipinski definition) is 6. The SMILES string of the molecule is Cn1cc(CN2C(=O)C3=CC(S(=O)(=O)NC4(C)CC4)C(F)=CC3=[N+](CC3(C)COC3)C2=O)cn1. The molecule has 0 spiro atoms. The van der Waals surface area contributed by atoms with Gasteiger partial charge in [-0.1, -0.05) is 6.92 Å². The van der Waals surface area contributed by atoms with Crippen LogP contribution in [0.2, 0.25) is 0 Å². The van der Waals surface area contributed by atoms with Gasteiger partial charge in [0.25, 0.3) is 0 Å². The summed E-state index contributed by atoms with van der Waals surface area (Å²) >= 11 is 0. The zero-order valence-corrected chi connectivity index (χ0v) is 20.1. The zero-order valence-electron chi connectivity index (χ0n) is 19.2. The van der Waals surface area contributed by atoms with Crippen LogP contribution in [-0.4, -0.2) is 75.9 Å². The molecule has 1 saturated carbocycles. The molecule has 1 unspecified atom stereocenters. The summed E-state index contributed by atoms with van der Waals surface area (Å²) in [6.07, 6.45) is 6.70. The molecule has 0 bridgehead atoms. The minimum absolute atomic E-state index is 0.00921. The second-order valence-corrected chi connectivity index (χ2v) is 12.0. The van der Waals surface area contributed by atoms with E-state index in [1.807, 2.05) is 6.92 Å². The molecule has 12 heteroatoms. The van der Waals surface area contributed by atoms with Crippen molar-refractivity contribution in [2.45, 2.75) is 44.0 Å². The van der Waals surface area contributed by atoms with E-state index in [4.69, 9.17) is 4.74 Å². The number of aromatic nitrogens is 2. The van der Waals surface area contributed by atoms with E-state index in [1.54, 1.807) is 31.0 Å². The van der Waals surface area contributed by atoms with Gasteiger partial charge in [-0.3, -0.25) is 4.68 Å². The standard InChI is InChI=1S/C22H27FN5O5S/c1-21(12-33-13-21)11-28-17-7-16(23)18(34(31,32)25-22(2)4-5-22)6-15(17)19(29)27(20(28)30)10-14-8-24-26(3)9-14/h6-9,18,25H,4-5,10-13H2,1-3H3/q+1. The number of sulfonamides is 1. The van der Waals surface area contributed by atoms with Crippen molar-refractivity contribution in [3.05, 3.63) is 41.5 Å². The summed E-state index contributed by atoms with van der Waals surface area (Å²) in [6.45, 7) is 4.69. The second kappa shape index (κ2) is 7.65. The van der Waals surface area contributed by atoms with E-state index in [1.165, 1.54) is 4.58 Å². The van der Waals surface area contributed by atoms with Gasteiger partial charge < -0.3 is 4.74 Å².